The normalized spacial score (nSPS) is 25.7. The molecule has 0 bridgehead atoms. The van der Waals surface area contributed by atoms with Crippen molar-refractivity contribution >= 4 is 22.3 Å². The quantitative estimate of drug-likeness (QED) is 0.683. The van der Waals surface area contributed by atoms with Gasteiger partial charge in [0.15, 0.2) is 17.7 Å². The number of carbonyl (C=O) groups is 2. The Morgan fingerprint density at radius 1 is 1.04 bits per heavy atom. The third kappa shape index (κ3) is 1.96. The molecule has 0 aromatic heterocycles. The number of ketones is 2. The third-order valence-corrected chi connectivity index (χ3v) is 4.73. The van der Waals surface area contributed by atoms with Crippen LogP contribution in [-0.2, 0) is 4.74 Å². The number of ether oxygens (including phenoxy) is 1. The van der Waals surface area contributed by atoms with Gasteiger partial charge in [-0.3, -0.25) is 9.59 Å². The highest BCUT2D eigenvalue weighted by Crippen LogP contribution is 2.41. The van der Waals surface area contributed by atoms with Crippen LogP contribution in [0.1, 0.15) is 20.7 Å². The molecule has 2 aliphatic rings. The van der Waals surface area contributed by atoms with Crippen LogP contribution in [-0.4, -0.2) is 45.9 Å². The molecule has 6 nitrogen and oxygen atoms in total. The monoisotopic (exact) mass is 338 g/mol. The van der Waals surface area contributed by atoms with Crippen LogP contribution in [0.2, 0.25) is 0 Å². The van der Waals surface area contributed by atoms with E-state index in [1.54, 1.807) is 18.2 Å². The number of hydrogen-bond acceptors (Lipinski definition) is 6. The van der Waals surface area contributed by atoms with Crippen LogP contribution in [0.25, 0.3) is 10.8 Å². The second-order valence-corrected chi connectivity index (χ2v) is 6.06. The van der Waals surface area contributed by atoms with Crippen LogP contribution in [0, 0.1) is 0 Å². The van der Waals surface area contributed by atoms with Crippen molar-refractivity contribution in [3.63, 3.8) is 0 Å². The Hall–Kier alpha value is -2.80. The number of rotatable bonds is 1. The van der Waals surface area contributed by atoms with E-state index >= 15 is 0 Å². The predicted molar refractivity (Wildman–Crippen MR) is 88.3 cm³/mol. The minimum absolute atomic E-state index is 0.125. The van der Waals surface area contributed by atoms with Gasteiger partial charge in [-0.2, -0.15) is 0 Å². The summed E-state index contributed by atoms with van der Waals surface area (Å²) in [4.78, 5) is 25.9. The second kappa shape index (κ2) is 5.10. The summed E-state index contributed by atoms with van der Waals surface area (Å²) < 4.78 is 4.93. The molecule has 0 radical (unpaired) electrons. The molecule has 0 fully saturated rings. The first-order chi connectivity index (χ1) is 11.9. The van der Waals surface area contributed by atoms with E-state index in [0.29, 0.717) is 0 Å². The van der Waals surface area contributed by atoms with Gasteiger partial charge in [0.05, 0.1) is 5.57 Å². The predicted octanol–water partition coefficient (Wildman–Crippen LogP) is 1.67. The van der Waals surface area contributed by atoms with Crippen LogP contribution >= 0.6 is 0 Å². The van der Waals surface area contributed by atoms with Crippen molar-refractivity contribution in [1.82, 2.24) is 0 Å². The summed E-state index contributed by atoms with van der Waals surface area (Å²) in [7, 11) is 1.08. The zero-order chi connectivity index (χ0) is 17.9. The van der Waals surface area contributed by atoms with Gasteiger partial charge in [0.2, 0.25) is 5.79 Å². The number of hydrogen-bond donors (Lipinski definition) is 3. The molecule has 25 heavy (non-hydrogen) atoms. The molecule has 2 aliphatic carbocycles. The average molecular weight is 338 g/mol. The highest BCUT2D eigenvalue weighted by molar-refractivity contribution is 6.30. The Labute approximate surface area is 142 Å². The smallest absolute Gasteiger partial charge is 0.231 e. The minimum Gasteiger partial charge on any atom is -0.509 e. The zero-order valence-electron chi connectivity index (χ0n) is 13.2. The topological polar surface area (TPSA) is 104 Å². The first-order valence-corrected chi connectivity index (χ1v) is 7.61. The number of carbonyl (C=O) groups excluding carboxylic acids is 2. The molecule has 0 heterocycles. The highest BCUT2D eigenvalue weighted by Gasteiger charge is 2.52. The van der Waals surface area contributed by atoms with Crippen molar-refractivity contribution in [3.8, 4) is 0 Å². The number of allylic oxidation sites excluding steroid dienone is 2. The fourth-order valence-corrected chi connectivity index (χ4v) is 3.40. The van der Waals surface area contributed by atoms with Crippen molar-refractivity contribution in [2.24, 2.45) is 0 Å². The third-order valence-electron chi connectivity index (χ3n) is 4.73. The molecule has 0 aliphatic heterocycles. The molecule has 2 unspecified atom stereocenters. The van der Waals surface area contributed by atoms with E-state index in [1.165, 1.54) is 0 Å². The molecule has 2 atom stereocenters. The fourth-order valence-electron chi connectivity index (χ4n) is 3.40. The van der Waals surface area contributed by atoms with Crippen molar-refractivity contribution < 1.29 is 29.6 Å². The lowest BCUT2D eigenvalue weighted by Gasteiger charge is -2.38. The molecule has 2 aromatic rings. The van der Waals surface area contributed by atoms with Crippen LogP contribution in [0.4, 0.5) is 0 Å². The molecule has 2 aromatic carbocycles. The van der Waals surface area contributed by atoms with E-state index in [9.17, 15) is 24.9 Å². The summed E-state index contributed by atoms with van der Waals surface area (Å²) in [6.07, 6.45) is -0.860. The molecule has 6 heteroatoms. The minimum atomic E-state index is -2.50. The summed E-state index contributed by atoms with van der Waals surface area (Å²) in [5.41, 5.74) is -0.241. The van der Waals surface area contributed by atoms with Gasteiger partial charge in [0.25, 0.3) is 0 Å². The Morgan fingerprint density at radius 2 is 1.60 bits per heavy atom. The van der Waals surface area contributed by atoms with Crippen molar-refractivity contribution in [2.75, 3.05) is 7.11 Å². The summed E-state index contributed by atoms with van der Waals surface area (Å²) >= 11 is 0. The van der Waals surface area contributed by atoms with Gasteiger partial charge in [-0.15, -0.1) is 0 Å². The van der Waals surface area contributed by atoms with Gasteiger partial charge >= 0.3 is 0 Å². The van der Waals surface area contributed by atoms with Gasteiger partial charge < -0.3 is 20.1 Å². The lowest BCUT2D eigenvalue weighted by Crippen LogP contribution is -2.52. The molecule has 0 saturated carbocycles. The van der Waals surface area contributed by atoms with Crippen LogP contribution in [0.5, 0.6) is 0 Å². The van der Waals surface area contributed by atoms with Gasteiger partial charge in [-0.1, -0.05) is 24.3 Å². The molecule has 3 N–H and O–H groups in total. The Balaban J connectivity index is 2.03. The SMILES string of the molecule is COC1(O)C2=C(C=C(O)C1O)C(=O)c1cc3ccccc3cc1C2=O. The van der Waals surface area contributed by atoms with E-state index in [1.807, 2.05) is 18.2 Å². The maximum atomic E-state index is 13.0. The van der Waals surface area contributed by atoms with E-state index in [0.717, 1.165) is 24.0 Å². The van der Waals surface area contributed by atoms with Gasteiger partial charge in [-0.25, -0.2) is 0 Å². The maximum absolute atomic E-state index is 13.0. The fraction of sp³-hybridized carbons (Fsp3) is 0.158. The lowest BCUT2D eigenvalue weighted by atomic mass is 9.75. The number of Topliss-reactive ketones (excluding diaryl/α,β-unsaturated/α-hetero) is 2. The standard InChI is InChI=1S/C19H14O6/c1-25-19(24)15-13(8-14(20)18(19)23)16(21)11-6-9-4-2-3-5-10(9)7-12(11)17(15)22/h2-8,18,20,23-24H,1H3. The maximum Gasteiger partial charge on any atom is 0.231 e. The van der Waals surface area contributed by atoms with Crippen molar-refractivity contribution in [1.29, 1.82) is 0 Å². The van der Waals surface area contributed by atoms with E-state index in [4.69, 9.17) is 4.74 Å². The summed E-state index contributed by atoms with van der Waals surface area (Å²) in [5, 5.41) is 32.1. The molecule has 0 saturated heterocycles. The van der Waals surface area contributed by atoms with E-state index in [2.05, 4.69) is 0 Å². The average Bonchev–Trinajstić information content (AvgIpc) is 2.62. The van der Waals surface area contributed by atoms with Gasteiger partial charge in [0, 0.05) is 23.8 Å². The Morgan fingerprint density at radius 3 is 2.16 bits per heavy atom. The molecule has 0 spiro atoms. The Kier molecular flexibility index (Phi) is 3.20. The second-order valence-electron chi connectivity index (χ2n) is 6.06. The number of methoxy groups -OCH3 is 1. The molecular weight excluding hydrogens is 324 g/mol. The molecule has 126 valence electrons. The first kappa shape index (κ1) is 15.7. The molecule has 4 rings (SSSR count). The molecule has 0 amide bonds. The lowest BCUT2D eigenvalue weighted by molar-refractivity contribution is -0.211. The Bertz CT molecular complexity index is 1020. The van der Waals surface area contributed by atoms with Crippen molar-refractivity contribution in [3.05, 3.63) is 70.5 Å². The number of aliphatic hydroxyl groups is 3. The van der Waals surface area contributed by atoms with E-state index < -0.39 is 29.2 Å². The number of aliphatic hydroxyl groups excluding tert-OH is 2. The number of fused-ring (bicyclic) bond motifs is 2. The summed E-state index contributed by atoms with van der Waals surface area (Å²) in [5.74, 6) is -4.29. The largest absolute Gasteiger partial charge is 0.509 e. The summed E-state index contributed by atoms with van der Waals surface area (Å²) in [6.45, 7) is 0. The van der Waals surface area contributed by atoms with E-state index in [-0.39, 0.29) is 22.3 Å². The highest BCUT2D eigenvalue weighted by atomic mass is 16.6. The first-order valence-electron chi connectivity index (χ1n) is 7.61. The number of benzene rings is 2. The van der Waals surface area contributed by atoms with Gasteiger partial charge in [-0.05, 0) is 29.0 Å². The van der Waals surface area contributed by atoms with Crippen LogP contribution < -0.4 is 0 Å². The van der Waals surface area contributed by atoms with Crippen molar-refractivity contribution in [2.45, 2.75) is 11.9 Å². The summed E-state index contributed by atoms with van der Waals surface area (Å²) in [6, 6.07) is 10.4. The van der Waals surface area contributed by atoms with Crippen LogP contribution in [0.15, 0.2) is 59.4 Å². The van der Waals surface area contributed by atoms with Gasteiger partial charge in [0.1, 0.15) is 5.76 Å². The zero-order valence-corrected chi connectivity index (χ0v) is 13.2. The van der Waals surface area contributed by atoms with Crippen LogP contribution in [0.3, 0.4) is 0 Å². The molecular formula is C19H14O6.